The quantitative estimate of drug-likeness (QED) is 0.710. The van der Waals surface area contributed by atoms with Crippen molar-refractivity contribution in [2.24, 2.45) is 5.73 Å². The van der Waals surface area contributed by atoms with Crippen LogP contribution in [0.4, 0.5) is 0 Å². The van der Waals surface area contributed by atoms with Gasteiger partial charge in [-0.15, -0.1) is 0 Å². The summed E-state index contributed by atoms with van der Waals surface area (Å²) in [6, 6.07) is 1.83. The van der Waals surface area contributed by atoms with E-state index in [-0.39, 0.29) is 11.3 Å². The van der Waals surface area contributed by atoms with Gasteiger partial charge < -0.3 is 10.3 Å². The van der Waals surface area contributed by atoms with Crippen LogP contribution in [0.3, 0.4) is 0 Å². The summed E-state index contributed by atoms with van der Waals surface area (Å²) in [5.74, 6) is 1.03. The first-order valence-electron chi connectivity index (χ1n) is 9.31. The summed E-state index contributed by atoms with van der Waals surface area (Å²) in [5, 5.41) is 4.35. The maximum Gasteiger partial charge on any atom is 0.329 e. The van der Waals surface area contributed by atoms with Crippen LogP contribution in [0.25, 0.3) is 22.5 Å². The first-order valence-corrected chi connectivity index (χ1v) is 9.31. The maximum absolute atomic E-state index is 12.6. The van der Waals surface area contributed by atoms with Crippen molar-refractivity contribution in [3.05, 3.63) is 38.4 Å². The van der Waals surface area contributed by atoms with Gasteiger partial charge in [-0.25, -0.2) is 9.78 Å². The minimum atomic E-state index is -0.554. The third-order valence-corrected chi connectivity index (χ3v) is 5.63. The predicted octanol–water partition coefficient (Wildman–Crippen LogP) is 1.37. The Morgan fingerprint density at radius 2 is 2.11 bits per heavy atom. The van der Waals surface area contributed by atoms with Crippen LogP contribution in [-0.2, 0) is 12.1 Å². The van der Waals surface area contributed by atoms with Crippen molar-refractivity contribution in [1.82, 2.24) is 24.7 Å². The van der Waals surface area contributed by atoms with Crippen LogP contribution in [0.1, 0.15) is 56.5 Å². The molecule has 0 radical (unpaired) electrons. The van der Waals surface area contributed by atoms with Gasteiger partial charge in [0.2, 0.25) is 0 Å². The van der Waals surface area contributed by atoms with Gasteiger partial charge in [-0.2, -0.15) is 4.98 Å². The second kappa shape index (κ2) is 5.59. The molecule has 3 aromatic heterocycles. The molecule has 0 amide bonds. The average molecular weight is 368 g/mol. The summed E-state index contributed by atoms with van der Waals surface area (Å²) in [6.07, 6.45) is 4.74. The molecule has 3 N–H and O–H groups in total. The summed E-state index contributed by atoms with van der Waals surface area (Å²) in [5.41, 5.74) is 6.48. The maximum atomic E-state index is 12.6. The Kier molecular flexibility index (Phi) is 3.39. The molecule has 0 aromatic carbocycles. The highest BCUT2D eigenvalue weighted by Crippen LogP contribution is 2.42. The molecule has 2 aliphatic rings. The van der Waals surface area contributed by atoms with Gasteiger partial charge in [0, 0.05) is 18.2 Å². The SMILES string of the molecule is CCn1c(=O)[nH]c(=O)c2c(-c3nc(C4(N)CCC4)no3)cc(C3CC3)nc21. The molecular weight excluding hydrogens is 348 g/mol. The number of hydrogen-bond acceptors (Lipinski definition) is 7. The van der Waals surface area contributed by atoms with Gasteiger partial charge >= 0.3 is 5.69 Å². The molecule has 2 aliphatic carbocycles. The van der Waals surface area contributed by atoms with Gasteiger partial charge in [0.25, 0.3) is 11.4 Å². The Hall–Kier alpha value is -2.81. The van der Waals surface area contributed by atoms with Crippen molar-refractivity contribution >= 4 is 11.0 Å². The summed E-state index contributed by atoms with van der Waals surface area (Å²) < 4.78 is 6.94. The Morgan fingerprint density at radius 1 is 1.33 bits per heavy atom. The number of nitrogens with one attached hydrogen (secondary N) is 1. The lowest BCUT2D eigenvalue weighted by molar-refractivity contribution is 0.229. The van der Waals surface area contributed by atoms with E-state index in [0.29, 0.717) is 29.5 Å². The van der Waals surface area contributed by atoms with Gasteiger partial charge in [-0.3, -0.25) is 14.3 Å². The summed E-state index contributed by atoms with van der Waals surface area (Å²) in [4.78, 5) is 36.3. The normalized spacial score (nSPS) is 18.6. The molecule has 0 atom stereocenters. The monoisotopic (exact) mass is 368 g/mol. The van der Waals surface area contributed by atoms with E-state index in [0.717, 1.165) is 37.8 Å². The molecule has 3 heterocycles. The fraction of sp³-hybridized carbons (Fsp3) is 0.500. The number of aromatic amines is 1. The predicted molar refractivity (Wildman–Crippen MR) is 97.3 cm³/mol. The number of nitrogens with zero attached hydrogens (tertiary/aromatic N) is 4. The number of fused-ring (bicyclic) bond motifs is 1. The Morgan fingerprint density at radius 3 is 2.74 bits per heavy atom. The third kappa shape index (κ3) is 2.45. The molecular formula is C18H20N6O3. The minimum Gasteiger partial charge on any atom is -0.334 e. The lowest BCUT2D eigenvalue weighted by atomic mass is 9.77. The summed E-state index contributed by atoms with van der Waals surface area (Å²) >= 11 is 0. The fourth-order valence-electron chi connectivity index (χ4n) is 3.66. The number of hydrogen-bond donors (Lipinski definition) is 2. The van der Waals surface area contributed by atoms with Gasteiger partial charge in [0.05, 0.1) is 16.5 Å². The molecule has 140 valence electrons. The first-order chi connectivity index (χ1) is 13.0. The largest absolute Gasteiger partial charge is 0.334 e. The van der Waals surface area contributed by atoms with Crippen molar-refractivity contribution < 1.29 is 4.52 Å². The number of nitrogens with two attached hydrogens (primary N) is 1. The van der Waals surface area contributed by atoms with Crippen LogP contribution in [-0.4, -0.2) is 24.7 Å². The summed E-state index contributed by atoms with van der Waals surface area (Å²) in [7, 11) is 0. The van der Waals surface area contributed by atoms with Crippen LogP contribution in [0.5, 0.6) is 0 Å². The van der Waals surface area contributed by atoms with Crippen molar-refractivity contribution in [3.8, 4) is 11.5 Å². The molecule has 3 aromatic rings. The van der Waals surface area contributed by atoms with Gasteiger partial charge in [0.1, 0.15) is 0 Å². The van der Waals surface area contributed by atoms with E-state index in [4.69, 9.17) is 10.3 Å². The molecule has 0 unspecified atom stereocenters. The second-order valence-electron chi connectivity index (χ2n) is 7.50. The second-order valence-corrected chi connectivity index (χ2v) is 7.50. The van der Waals surface area contributed by atoms with E-state index in [9.17, 15) is 9.59 Å². The topological polar surface area (TPSA) is 133 Å². The Bertz CT molecular complexity index is 1170. The van der Waals surface area contributed by atoms with E-state index in [1.807, 2.05) is 13.0 Å². The zero-order valence-electron chi connectivity index (χ0n) is 15.0. The van der Waals surface area contributed by atoms with Crippen LogP contribution in [0.2, 0.25) is 0 Å². The van der Waals surface area contributed by atoms with Crippen molar-refractivity contribution in [2.45, 2.75) is 57.0 Å². The molecule has 9 heteroatoms. The van der Waals surface area contributed by atoms with Crippen molar-refractivity contribution in [1.29, 1.82) is 0 Å². The van der Waals surface area contributed by atoms with E-state index < -0.39 is 16.8 Å². The van der Waals surface area contributed by atoms with Crippen LogP contribution in [0.15, 0.2) is 20.2 Å². The highest BCUT2D eigenvalue weighted by atomic mass is 16.5. The molecule has 0 bridgehead atoms. The average Bonchev–Trinajstić information content (AvgIpc) is 3.35. The van der Waals surface area contributed by atoms with Crippen molar-refractivity contribution in [2.75, 3.05) is 0 Å². The van der Waals surface area contributed by atoms with Crippen LogP contribution >= 0.6 is 0 Å². The molecule has 0 saturated heterocycles. The molecule has 0 spiro atoms. The highest BCUT2D eigenvalue weighted by molar-refractivity contribution is 5.90. The van der Waals surface area contributed by atoms with E-state index in [1.54, 1.807) is 0 Å². The molecule has 2 saturated carbocycles. The van der Waals surface area contributed by atoms with Crippen LogP contribution < -0.4 is 17.0 Å². The lowest BCUT2D eigenvalue weighted by Gasteiger charge is -2.34. The van der Waals surface area contributed by atoms with E-state index in [1.165, 1.54) is 4.57 Å². The van der Waals surface area contributed by atoms with Gasteiger partial charge in [-0.05, 0) is 45.1 Å². The zero-order chi connectivity index (χ0) is 18.8. The molecule has 5 rings (SSSR count). The number of pyridine rings is 1. The zero-order valence-corrected chi connectivity index (χ0v) is 15.0. The summed E-state index contributed by atoms with van der Waals surface area (Å²) in [6.45, 7) is 2.23. The molecule has 9 nitrogen and oxygen atoms in total. The lowest BCUT2D eigenvalue weighted by Crippen LogP contribution is -2.44. The smallest absolute Gasteiger partial charge is 0.329 e. The highest BCUT2D eigenvalue weighted by Gasteiger charge is 2.39. The molecule has 0 aliphatic heterocycles. The first kappa shape index (κ1) is 16.4. The van der Waals surface area contributed by atoms with E-state index >= 15 is 0 Å². The van der Waals surface area contributed by atoms with Crippen LogP contribution in [0, 0.1) is 0 Å². The van der Waals surface area contributed by atoms with E-state index in [2.05, 4.69) is 20.1 Å². The number of rotatable bonds is 4. The van der Waals surface area contributed by atoms with Gasteiger partial charge in [0.15, 0.2) is 11.5 Å². The minimum absolute atomic E-state index is 0.239. The number of H-pyrrole nitrogens is 1. The Balaban J connectivity index is 1.78. The molecule has 27 heavy (non-hydrogen) atoms. The number of aromatic nitrogens is 5. The third-order valence-electron chi connectivity index (χ3n) is 5.63. The number of aryl methyl sites for hydroxylation is 1. The van der Waals surface area contributed by atoms with Gasteiger partial charge in [-0.1, -0.05) is 5.16 Å². The standard InChI is InChI=1S/C18H20N6O3/c1-2-24-13-12(14(25)21-17(24)26)10(8-11(20-13)9-4-5-9)15-22-16(23-27-15)18(19)6-3-7-18/h8-9H,2-7,19H2,1H3,(H,21,25,26). The van der Waals surface area contributed by atoms with Crippen molar-refractivity contribution in [3.63, 3.8) is 0 Å². The fourth-order valence-corrected chi connectivity index (χ4v) is 3.66. The Labute approximate surface area is 153 Å². The molecule has 2 fully saturated rings.